The van der Waals surface area contributed by atoms with Crippen LogP contribution in [0.2, 0.25) is 0 Å². The lowest BCUT2D eigenvalue weighted by Gasteiger charge is -2.17. The topological polar surface area (TPSA) is 105 Å². The number of hydrogen-bond donors (Lipinski definition) is 3. The normalized spacial score (nSPS) is 11.4. The molecule has 2 rings (SSSR count). The predicted octanol–water partition coefficient (Wildman–Crippen LogP) is 4.40. The molecule has 0 heterocycles. The fraction of sp³-hybridized carbons (Fsp3) is 0.318. The van der Waals surface area contributed by atoms with Crippen LogP contribution in [0.15, 0.2) is 53.4 Å². The highest BCUT2D eigenvalue weighted by molar-refractivity contribution is 8.00. The molecule has 0 radical (unpaired) electrons. The summed E-state index contributed by atoms with van der Waals surface area (Å²) in [6, 6.07) is 14.4. The van der Waals surface area contributed by atoms with Crippen molar-refractivity contribution in [2.24, 2.45) is 0 Å². The Labute approximate surface area is 180 Å². The molecule has 0 aromatic heterocycles. The van der Waals surface area contributed by atoms with Gasteiger partial charge in [0.05, 0.1) is 24.0 Å². The van der Waals surface area contributed by atoms with E-state index in [4.69, 9.17) is 9.84 Å². The average Bonchev–Trinajstić information content (AvgIpc) is 2.72. The number of aliphatic carboxylic acids is 1. The van der Waals surface area contributed by atoms with Crippen molar-refractivity contribution in [1.82, 2.24) is 0 Å². The molecule has 2 amide bonds. The van der Waals surface area contributed by atoms with E-state index in [1.54, 1.807) is 24.3 Å². The molecule has 0 aliphatic carbocycles. The highest BCUT2D eigenvalue weighted by atomic mass is 32.2. The fourth-order valence-electron chi connectivity index (χ4n) is 2.64. The van der Waals surface area contributed by atoms with Gasteiger partial charge in [-0.2, -0.15) is 0 Å². The third-order valence-corrected chi connectivity index (χ3v) is 5.43. The van der Waals surface area contributed by atoms with Crippen molar-refractivity contribution in [1.29, 1.82) is 0 Å². The molecule has 2 aromatic rings. The Morgan fingerprint density at radius 3 is 2.50 bits per heavy atom. The number of carboxylic acids is 1. The monoisotopic (exact) mass is 430 g/mol. The van der Waals surface area contributed by atoms with Crippen LogP contribution in [0.1, 0.15) is 33.1 Å². The minimum Gasteiger partial charge on any atom is -0.492 e. The summed E-state index contributed by atoms with van der Waals surface area (Å²) in [7, 11) is 0. The summed E-state index contributed by atoms with van der Waals surface area (Å²) in [5, 5.41) is 14.0. The van der Waals surface area contributed by atoms with Gasteiger partial charge in [0.25, 0.3) is 0 Å². The molecule has 0 aliphatic heterocycles. The summed E-state index contributed by atoms with van der Waals surface area (Å²) < 4.78 is 5.56. The number of nitrogens with one attached hydrogen (secondary N) is 2. The van der Waals surface area contributed by atoms with Crippen molar-refractivity contribution in [2.45, 2.75) is 43.3 Å². The SMILES string of the molecule is CCOc1ccccc1NC(=O)C(CC)Sc1cccc(NC(=O)CCC(=O)O)c1. The van der Waals surface area contributed by atoms with E-state index in [0.29, 0.717) is 30.2 Å². The Kier molecular flexibility index (Phi) is 9.21. The first-order valence-electron chi connectivity index (χ1n) is 9.74. The van der Waals surface area contributed by atoms with Crippen LogP contribution in [-0.2, 0) is 14.4 Å². The number of carbonyl (C=O) groups excluding carboxylic acids is 2. The number of ether oxygens (including phenoxy) is 1. The number of amides is 2. The number of hydrogen-bond acceptors (Lipinski definition) is 5. The van der Waals surface area contributed by atoms with E-state index in [1.807, 2.05) is 38.1 Å². The number of rotatable bonds is 11. The predicted molar refractivity (Wildman–Crippen MR) is 118 cm³/mol. The lowest BCUT2D eigenvalue weighted by atomic mass is 10.2. The molecule has 1 unspecified atom stereocenters. The smallest absolute Gasteiger partial charge is 0.303 e. The first-order chi connectivity index (χ1) is 14.4. The Morgan fingerprint density at radius 2 is 1.80 bits per heavy atom. The molecular formula is C22H26N2O5S. The maximum absolute atomic E-state index is 12.8. The second-order valence-electron chi connectivity index (χ2n) is 6.40. The van der Waals surface area contributed by atoms with E-state index in [9.17, 15) is 14.4 Å². The molecule has 30 heavy (non-hydrogen) atoms. The minimum atomic E-state index is -1.02. The first kappa shape index (κ1) is 23.3. The quantitative estimate of drug-likeness (QED) is 0.457. The van der Waals surface area contributed by atoms with Gasteiger partial charge in [-0.15, -0.1) is 11.8 Å². The summed E-state index contributed by atoms with van der Waals surface area (Å²) in [4.78, 5) is 36.1. The molecule has 0 fully saturated rings. The highest BCUT2D eigenvalue weighted by Crippen LogP contribution is 2.30. The first-order valence-corrected chi connectivity index (χ1v) is 10.6. The number of anilines is 2. The number of carboxylic acid groups (broad SMARTS) is 1. The van der Waals surface area contributed by atoms with Gasteiger partial charge in [-0.25, -0.2) is 0 Å². The highest BCUT2D eigenvalue weighted by Gasteiger charge is 2.19. The third kappa shape index (κ3) is 7.44. The zero-order valence-electron chi connectivity index (χ0n) is 17.0. The molecule has 1 atom stereocenters. The fourth-order valence-corrected chi connectivity index (χ4v) is 3.66. The number of thioether (sulfide) groups is 1. The van der Waals surface area contributed by atoms with Crippen LogP contribution in [0.3, 0.4) is 0 Å². The van der Waals surface area contributed by atoms with Gasteiger partial charge >= 0.3 is 5.97 Å². The Bertz CT molecular complexity index is 887. The van der Waals surface area contributed by atoms with E-state index >= 15 is 0 Å². The second kappa shape index (κ2) is 11.9. The maximum atomic E-state index is 12.8. The van der Waals surface area contributed by atoms with Crippen LogP contribution < -0.4 is 15.4 Å². The Balaban J connectivity index is 2.02. The van der Waals surface area contributed by atoms with Gasteiger partial charge in [-0.05, 0) is 43.7 Å². The Morgan fingerprint density at radius 1 is 1.03 bits per heavy atom. The number of carbonyl (C=O) groups is 3. The molecule has 0 saturated carbocycles. The summed E-state index contributed by atoms with van der Waals surface area (Å²) in [6.45, 7) is 4.32. The molecule has 0 bridgehead atoms. The van der Waals surface area contributed by atoms with Crippen molar-refractivity contribution in [3.8, 4) is 5.75 Å². The van der Waals surface area contributed by atoms with Gasteiger partial charge in [-0.1, -0.05) is 25.1 Å². The molecule has 0 saturated heterocycles. The van der Waals surface area contributed by atoms with Crippen LogP contribution in [0.5, 0.6) is 5.75 Å². The number of para-hydroxylation sites is 2. The van der Waals surface area contributed by atoms with Gasteiger partial charge in [0, 0.05) is 17.0 Å². The van der Waals surface area contributed by atoms with E-state index in [-0.39, 0.29) is 29.9 Å². The molecule has 2 aromatic carbocycles. The number of benzene rings is 2. The van der Waals surface area contributed by atoms with E-state index in [1.165, 1.54) is 11.8 Å². The van der Waals surface area contributed by atoms with Gasteiger partial charge in [-0.3, -0.25) is 14.4 Å². The molecular weight excluding hydrogens is 404 g/mol. The standard InChI is InChI=1S/C22H26N2O5S/c1-3-19(22(28)24-17-10-5-6-11-18(17)29-4-2)30-16-9-7-8-15(14-16)23-20(25)12-13-21(26)27/h5-11,14,19H,3-4,12-13H2,1-2H3,(H,23,25)(H,24,28)(H,26,27). The molecule has 0 aliphatic rings. The molecule has 3 N–H and O–H groups in total. The van der Waals surface area contributed by atoms with Crippen LogP contribution in [0, 0.1) is 0 Å². The lowest BCUT2D eigenvalue weighted by molar-refractivity contribution is -0.138. The van der Waals surface area contributed by atoms with Crippen molar-refractivity contribution in [2.75, 3.05) is 17.2 Å². The lowest BCUT2D eigenvalue weighted by Crippen LogP contribution is -2.24. The Hall–Kier alpha value is -3.00. The van der Waals surface area contributed by atoms with E-state index in [0.717, 1.165) is 4.90 Å². The van der Waals surface area contributed by atoms with Gasteiger partial charge in [0.2, 0.25) is 11.8 Å². The van der Waals surface area contributed by atoms with Crippen molar-refractivity contribution >= 4 is 40.9 Å². The van der Waals surface area contributed by atoms with Crippen LogP contribution in [0.25, 0.3) is 0 Å². The maximum Gasteiger partial charge on any atom is 0.303 e. The molecule has 0 spiro atoms. The molecule has 160 valence electrons. The summed E-state index contributed by atoms with van der Waals surface area (Å²) >= 11 is 1.40. The minimum absolute atomic E-state index is 0.0913. The van der Waals surface area contributed by atoms with Gasteiger partial charge < -0.3 is 20.5 Å². The van der Waals surface area contributed by atoms with Crippen molar-refractivity contribution < 1.29 is 24.2 Å². The van der Waals surface area contributed by atoms with Gasteiger partial charge in [0.15, 0.2) is 0 Å². The molecule has 8 heteroatoms. The van der Waals surface area contributed by atoms with Crippen LogP contribution in [-0.4, -0.2) is 34.7 Å². The summed E-state index contributed by atoms with van der Waals surface area (Å²) in [5.41, 5.74) is 1.19. The molecule has 7 nitrogen and oxygen atoms in total. The third-order valence-electron chi connectivity index (χ3n) is 4.07. The van der Waals surface area contributed by atoms with E-state index in [2.05, 4.69) is 10.6 Å². The van der Waals surface area contributed by atoms with Gasteiger partial charge in [0.1, 0.15) is 5.75 Å². The van der Waals surface area contributed by atoms with Crippen molar-refractivity contribution in [3.63, 3.8) is 0 Å². The summed E-state index contributed by atoms with van der Waals surface area (Å²) in [6.07, 6.45) is 0.302. The zero-order chi connectivity index (χ0) is 21.9. The largest absolute Gasteiger partial charge is 0.492 e. The van der Waals surface area contributed by atoms with E-state index < -0.39 is 5.97 Å². The summed E-state index contributed by atoms with van der Waals surface area (Å²) in [5.74, 6) is -0.890. The van der Waals surface area contributed by atoms with Crippen molar-refractivity contribution in [3.05, 3.63) is 48.5 Å². The van der Waals surface area contributed by atoms with Crippen LogP contribution >= 0.6 is 11.8 Å². The average molecular weight is 431 g/mol. The second-order valence-corrected chi connectivity index (χ2v) is 7.68. The zero-order valence-corrected chi connectivity index (χ0v) is 17.8. The van der Waals surface area contributed by atoms with Crippen LogP contribution in [0.4, 0.5) is 11.4 Å².